The highest BCUT2D eigenvalue weighted by atomic mass is 32.1. The van der Waals surface area contributed by atoms with Crippen molar-refractivity contribution in [3.63, 3.8) is 0 Å². The van der Waals surface area contributed by atoms with Crippen molar-refractivity contribution >= 4 is 23.2 Å². The van der Waals surface area contributed by atoms with E-state index in [1.54, 1.807) is 22.3 Å². The van der Waals surface area contributed by atoms with Crippen LogP contribution in [0.5, 0.6) is 5.75 Å². The number of halogens is 1. The van der Waals surface area contributed by atoms with Crippen LogP contribution < -0.4 is 4.74 Å². The van der Waals surface area contributed by atoms with Crippen molar-refractivity contribution in [1.29, 1.82) is 0 Å². The van der Waals surface area contributed by atoms with Crippen molar-refractivity contribution in [2.24, 2.45) is 0 Å². The van der Waals surface area contributed by atoms with Gasteiger partial charge in [0.05, 0.1) is 18.2 Å². The predicted octanol–water partition coefficient (Wildman–Crippen LogP) is 4.49. The first-order valence-corrected chi connectivity index (χ1v) is 12.4. The zero-order valence-electron chi connectivity index (χ0n) is 19.9. The molecule has 0 radical (unpaired) electrons. The molecule has 0 saturated carbocycles. The topological polar surface area (TPSA) is 59.1 Å². The minimum atomic E-state index is -0.613. The lowest BCUT2D eigenvalue weighted by atomic mass is 10.00. The Morgan fingerprint density at radius 3 is 2.69 bits per heavy atom. The predicted molar refractivity (Wildman–Crippen MR) is 133 cm³/mol. The maximum absolute atomic E-state index is 14.3. The van der Waals surface area contributed by atoms with E-state index in [1.165, 1.54) is 35.1 Å². The Hall–Kier alpha value is -3.23. The number of para-hydroxylation sites is 1. The van der Waals surface area contributed by atoms with Crippen molar-refractivity contribution in [2.75, 3.05) is 40.0 Å². The quantitative estimate of drug-likeness (QED) is 0.438. The average Bonchev–Trinajstić information content (AvgIpc) is 3.35. The van der Waals surface area contributed by atoms with Gasteiger partial charge in [-0.05, 0) is 54.1 Å². The number of methoxy groups -OCH3 is 1. The number of fused-ring (bicyclic) bond motifs is 1. The molecule has 8 heteroatoms. The fourth-order valence-electron chi connectivity index (χ4n) is 4.27. The number of amides is 2. The van der Waals surface area contributed by atoms with Crippen LogP contribution in [0.25, 0.3) is 0 Å². The molecule has 2 heterocycles. The standard InChI is InChI=1S/C27H29FN2O4S/c1-19-7-3-6-10-24(19)34-18-23-21-12-16-35-25(21)11-13-30(23)26(31)17-29(14-15-33-2)27(32)20-8-4-5-9-22(20)28/h3-10,12,16,23H,11,13-15,17-18H2,1-2H3. The molecule has 1 aliphatic rings. The lowest BCUT2D eigenvalue weighted by molar-refractivity contribution is -0.135. The van der Waals surface area contributed by atoms with Crippen LogP contribution in [0, 0.1) is 12.7 Å². The van der Waals surface area contributed by atoms with Crippen LogP contribution >= 0.6 is 11.3 Å². The van der Waals surface area contributed by atoms with E-state index >= 15 is 0 Å². The van der Waals surface area contributed by atoms with Crippen LogP contribution in [0.15, 0.2) is 60.0 Å². The summed E-state index contributed by atoms with van der Waals surface area (Å²) in [4.78, 5) is 31.0. The molecule has 0 bridgehead atoms. The van der Waals surface area contributed by atoms with Gasteiger partial charge in [-0.15, -0.1) is 11.3 Å². The van der Waals surface area contributed by atoms with E-state index in [0.29, 0.717) is 13.2 Å². The molecule has 3 aromatic rings. The number of ether oxygens (including phenoxy) is 2. The van der Waals surface area contributed by atoms with Gasteiger partial charge >= 0.3 is 0 Å². The van der Waals surface area contributed by atoms with Gasteiger partial charge in [-0.1, -0.05) is 30.3 Å². The molecule has 0 fully saturated rings. The molecule has 1 aromatic heterocycles. The van der Waals surface area contributed by atoms with E-state index in [0.717, 1.165) is 23.3 Å². The molecule has 0 spiro atoms. The third kappa shape index (κ3) is 5.71. The first-order chi connectivity index (χ1) is 17.0. The van der Waals surface area contributed by atoms with E-state index < -0.39 is 11.7 Å². The fraction of sp³-hybridized carbons (Fsp3) is 0.333. The first kappa shape index (κ1) is 24.9. The summed E-state index contributed by atoms with van der Waals surface area (Å²) in [6.07, 6.45) is 0.749. The number of nitrogens with zero attached hydrogens (tertiary/aromatic N) is 2. The zero-order chi connectivity index (χ0) is 24.8. The number of carbonyl (C=O) groups is 2. The van der Waals surface area contributed by atoms with Gasteiger partial charge in [-0.25, -0.2) is 4.39 Å². The van der Waals surface area contributed by atoms with Gasteiger partial charge in [0.15, 0.2) is 0 Å². The third-order valence-corrected chi connectivity index (χ3v) is 7.18. The van der Waals surface area contributed by atoms with Gasteiger partial charge in [0.2, 0.25) is 5.91 Å². The molecular formula is C27H29FN2O4S. The molecule has 1 atom stereocenters. The molecule has 0 N–H and O–H groups in total. The number of rotatable bonds is 9. The van der Waals surface area contributed by atoms with Gasteiger partial charge < -0.3 is 19.3 Å². The molecule has 2 aromatic carbocycles. The smallest absolute Gasteiger partial charge is 0.257 e. The monoisotopic (exact) mass is 496 g/mol. The van der Waals surface area contributed by atoms with Crippen molar-refractivity contribution in [2.45, 2.75) is 19.4 Å². The van der Waals surface area contributed by atoms with E-state index in [2.05, 4.69) is 0 Å². The van der Waals surface area contributed by atoms with E-state index in [4.69, 9.17) is 9.47 Å². The fourth-order valence-corrected chi connectivity index (χ4v) is 5.20. The van der Waals surface area contributed by atoms with Crippen molar-refractivity contribution in [3.8, 4) is 5.75 Å². The Kier molecular flexibility index (Phi) is 8.15. The maximum atomic E-state index is 14.3. The normalized spacial score (nSPS) is 14.9. The van der Waals surface area contributed by atoms with Crippen LogP contribution in [0.2, 0.25) is 0 Å². The molecule has 35 heavy (non-hydrogen) atoms. The molecule has 4 rings (SSSR count). The second-order valence-electron chi connectivity index (χ2n) is 8.43. The Morgan fingerprint density at radius 1 is 1.14 bits per heavy atom. The summed E-state index contributed by atoms with van der Waals surface area (Å²) < 4.78 is 25.6. The van der Waals surface area contributed by atoms with Crippen molar-refractivity contribution in [3.05, 3.63) is 87.4 Å². The molecule has 0 aliphatic carbocycles. The number of thiophene rings is 1. The molecule has 2 amide bonds. The number of hydrogen-bond donors (Lipinski definition) is 0. The molecule has 0 saturated heterocycles. The van der Waals surface area contributed by atoms with Crippen LogP contribution in [0.4, 0.5) is 4.39 Å². The Morgan fingerprint density at radius 2 is 1.91 bits per heavy atom. The molecule has 1 unspecified atom stereocenters. The minimum absolute atomic E-state index is 0.0606. The van der Waals surface area contributed by atoms with Crippen LogP contribution in [0.3, 0.4) is 0 Å². The van der Waals surface area contributed by atoms with Crippen LogP contribution in [-0.2, 0) is 16.0 Å². The summed E-state index contributed by atoms with van der Waals surface area (Å²) in [5, 5.41) is 2.03. The second-order valence-corrected chi connectivity index (χ2v) is 9.43. The van der Waals surface area contributed by atoms with Gasteiger partial charge in [0.1, 0.15) is 24.7 Å². The largest absolute Gasteiger partial charge is 0.491 e. The lowest BCUT2D eigenvalue weighted by Gasteiger charge is -2.37. The highest BCUT2D eigenvalue weighted by molar-refractivity contribution is 7.10. The summed E-state index contributed by atoms with van der Waals surface area (Å²) in [6.45, 7) is 3.06. The highest BCUT2D eigenvalue weighted by Gasteiger charge is 2.34. The minimum Gasteiger partial charge on any atom is -0.491 e. The number of hydrogen-bond acceptors (Lipinski definition) is 5. The van der Waals surface area contributed by atoms with E-state index in [9.17, 15) is 14.0 Å². The summed E-state index contributed by atoms with van der Waals surface area (Å²) in [5.41, 5.74) is 2.04. The zero-order valence-corrected chi connectivity index (χ0v) is 20.7. The number of benzene rings is 2. The first-order valence-electron chi connectivity index (χ1n) is 11.6. The number of aryl methyl sites for hydroxylation is 1. The Bertz CT molecular complexity index is 1180. The van der Waals surface area contributed by atoms with Gasteiger partial charge in [-0.3, -0.25) is 9.59 Å². The third-order valence-electron chi connectivity index (χ3n) is 6.19. The van der Waals surface area contributed by atoms with E-state index in [-0.39, 0.29) is 37.2 Å². The van der Waals surface area contributed by atoms with E-state index in [1.807, 2.05) is 42.6 Å². The Balaban J connectivity index is 1.54. The van der Waals surface area contributed by atoms with Crippen molar-refractivity contribution in [1.82, 2.24) is 9.80 Å². The second kappa shape index (κ2) is 11.5. The lowest BCUT2D eigenvalue weighted by Crippen LogP contribution is -2.48. The van der Waals surface area contributed by atoms with Gasteiger partial charge in [0, 0.05) is 25.1 Å². The summed E-state index contributed by atoms with van der Waals surface area (Å²) >= 11 is 1.68. The summed E-state index contributed by atoms with van der Waals surface area (Å²) in [6, 6.07) is 15.3. The maximum Gasteiger partial charge on any atom is 0.257 e. The van der Waals surface area contributed by atoms with Gasteiger partial charge in [0.25, 0.3) is 5.91 Å². The summed E-state index contributed by atoms with van der Waals surface area (Å²) in [5.74, 6) is -0.577. The van der Waals surface area contributed by atoms with Gasteiger partial charge in [-0.2, -0.15) is 0 Å². The van der Waals surface area contributed by atoms with Crippen molar-refractivity contribution < 1.29 is 23.5 Å². The molecule has 1 aliphatic heterocycles. The van der Waals surface area contributed by atoms with Crippen LogP contribution in [0.1, 0.15) is 32.4 Å². The molecule has 184 valence electrons. The van der Waals surface area contributed by atoms with Crippen LogP contribution in [-0.4, -0.2) is 61.6 Å². The SMILES string of the molecule is COCCN(CC(=O)N1CCc2sccc2C1COc1ccccc1C)C(=O)c1ccccc1F. The summed E-state index contributed by atoms with van der Waals surface area (Å²) in [7, 11) is 1.52. The number of carbonyl (C=O) groups excluding carboxylic acids is 2. The molecular weight excluding hydrogens is 467 g/mol. The highest BCUT2D eigenvalue weighted by Crippen LogP contribution is 2.34. The Labute approximate surface area is 208 Å². The average molecular weight is 497 g/mol. The molecule has 6 nitrogen and oxygen atoms in total.